The van der Waals surface area contributed by atoms with Crippen molar-refractivity contribution in [2.45, 2.75) is 0 Å². The zero-order valence-corrected chi connectivity index (χ0v) is 16.3. The second-order valence-electron chi connectivity index (χ2n) is 6.23. The Morgan fingerprint density at radius 2 is 1.83 bits per heavy atom. The zero-order valence-electron chi connectivity index (χ0n) is 15.6. The summed E-state index contributed by atoms with van der Waals surface area (Å²) in [6, 6.07) is 13.8. The second kappa shape index (κ2) is 7.44. The van der Waals surface area contributed by atoms with Gasteiger partial charge in [0.15, 0.2) is 5.65 Å². The van der Waals surface area contributed by atoms with Crippen molar-refractivity contribution in [3.05, 3.63) is 59.1 Å². The van der Waals surface area contributed by atoms with Crippen LogP contribution in [0.25, 0.3) is 33.5 Å². The van der Waals surface area contributed by atoms with Crippen LogP contribution in [-0.4, -0.2) is 40.5 Å². The summed E-state index contributed by atoms with van der Waals surface area (Å²) in [6.07, 6.45) is 0. The third-order valence-corrected chi connectivity index (χ3v) is 4.82. The maximum absolute atomic E-state index is 12.0. The van der Waals surface area contributed by atoms with Gasteiger partial charge in [-0.1, -0.05) is 23.7 Å². The van der Waals surface area contributed by atoms with E-state index in [0.29, 0.717) is 44.5 Å². The maximum atomic E-state index is 12.0. The number of aromatic nitrogens is 3. The first kappa shape index (κ1) is 18.8. The number of ether oxygens (including phenoxy) is 2. The molecule has 2 aromatic heterocycles. The molecule has 0 saturated heterocycles. The SMILES string of the molecule is COc1ccc(-c2cc(C(=O)O)c3c(-c4ccc(Cl)cc4)[nH]nc3n2)c(OC)c1. The third-order valence-electron chi connectivity index (χ3n) is 4.57. The van der Waals surface area contributed by atoms with Crippen LogP contribution in [0, 0.1) is 0 Å². The number of benzene rings is 2. The van der Waals surface area contributed by atoms with Crippen molar-refractivity contribution in [3.8, 4) is 34.0 Å². The van der Waals surface area contributed by atoms with Crippen LogP contribution in [0.5, 0.6) is 11.5 Å². The maximum Gasteiger partial charge on any atom is 0.336 e. The van der Waals surface area contributed by atoms with E-state index in [1.807, 2.05) is 0 Å². The molecule has 8 heteroatoms. The van der Waals surface area contributed by atoms with Gasteiger partial charge in [-0.25, -0.2) is 9.78 Å². The van der Waals surface area contributed by atoms with Gasteiger partial charge in [0.1, 0.15) is 11.5 Å². The molecule has 0 radical (unpaired) electrons. The number of aromatic amines is 1. The van der Waals surface area contributed by atoms with Gasteiger partial charge in [-0.2, -0.15) is 5.10 Å². The molecule has 7 nitrogen and oxygen atoms in total. The molecule has 0 unspecified atom stereocenters. The number of rotatable bonds is 5. The lowest BCUT2D eigenvalue weighted by Gasteiger charge is -2.11. The number of hydrogen-bond acceptors (Lipinski definition) is 5. The number of carboxylic acids is 1. The van der Waals surface area contributed by atoms with E-state index in [1.54, 1.807) is 49.6 Å². The number of methoxy groups -OCH3 is 2. The van der Waals surface area contributed by atoms with Crippen LogP contribution in [0.4, 0.5) is 0 Å². The molecular formula is C21H16ClN3O4. The molecule has 146 valence electrons. The number of halogens is 1. The second-order valence-corrected chi connectivity index (χ2v) is 6.67. The van der Waals surface area contributed by atoms with Gasteiger partial charge in [-0.15, -0.1) is 0 Å². The van der Waals surface area contributed by atoms with Crippen LogP contribution in [-0.2, 0) is 0 Å². The van der Waals surface area contributed by atoms with Crippen LogP contribution in [0.1, 0.15) is 10.4 Å². The normalized spacial score (nSPS) is 10.9. The highest BCUT2D eigenvalue weighted by Crippen LogP contribution is 2.36. The molecule has 0 aliphatic carbocycles. The molecule has 2 N–H and O–H groups in total. The average Bonchev–Trinajstić information content (AvgIpc) is 3.17. The number of nitrogens with one attached hydrogen (secondary N) is 1. The first-order chi connectivity index (χ1) is 14.0. The lowest BCUT2D eigenvalue weighted by molar-refractivity contribution is 0.0699. The first-order valence-corrected chi connectivity index (χ1v) is 9.00. The van der Waals surface area contributed by atoms with Crippen molar-refractivity contribution in [3.63, 3.8) is 0 Å². The van der Waals surface area contributed by atoms with Crippen molar-refractivity contribution >= 4 is 28.6 Å². The summed E-state index contributed by atoms with van der Waals surface area (Å²) in [7, 11) is 3.09. The smallest absolute Gasteiger partial charge is 0.336 e. The van der Waals surface area contributed by atoms with E-state index >= 15 is 0 Å². The first-order valence-electron chi connectivity index (χ1n) is 8.62. The van der Waals surface area contributed by atoms with E-state index in [4.69, 9.17) is 21.1 Å². The number of pyridine rings is 1. The van der Waals surface area contributed by atoms with Gasteiger partial charge < -0.3 is 14.6 Å². The predicted octanol–water partition coefficient (Wildman–Crippen LogP) is 4.66. The minimum Gasteiger partial charge on any atom is -0.497 e. The van der Waals surface area contributed by atoms with Crippen LogP contribution in [0.15, 0.2) is 48.5 Å². The summed E-state index contributed by atoms with van der Waals surface area (Å²) in [6.45, 7) is 0. The Bertz CT molecular complexity index is 1220. The molecule has 0 aliphatic heterocycles. The lowest BCUT2D eigenvalue weighted by atomic mass is 10.0. The Labute approximate surface area is 170 Å². The molecule has 0 aliphatic rings. The molecule has 4 aromatic rings. The third kappa shape index (κ3) is 3.36. The van der Waals surface area contributed by atoms with Crippen LogP contribution in [0.2, 0.25) is 5.02 Å². The van der Waals surface area contributed by atoms with Gasteiger partial charge in [0, 0.05) is 22.2 Å². The quantitative estimate of drug-likeness (QED) is 0.497. The molecule has 2 heterocycles. The van der Waals surface area contributed by atoms with Crippen molar-refractivity contribution in [1.82, 2.24) is 15.2 Å². The van der Waals surface area contributed by atoms with Crippen molar-refractivity contribution in [2.75, 3.05) is 14.2 Å². The molecule has 4 rings (SSSR count). The Morgan fingerprint density at radius 1 is 1.07 bits per heavy atom. The predicted molar refractivity (Wildman–Crippen MR) is 110 cm³/mol. The highest BCUT2D eigenvalue weighted by molar-refractivity contribution is 6.30. The molecule has 0 amide bonds. The van der Waals surface area contributed by atoms with E-state index in [2.05, 4.69) is 15.2 Å². The van der Waals surface area contributed by atoms with Gasteiger partial charge in [0.05, 0.1) is 36.6 Å². The molecule has 0 bridgehead atoms. The van der Waals surface area contributed by atoms with E-state index in [0.717, 1.165) is 5.56 Å². The topological polar surface area (TPSA) is 97.3 Å². The highest BCUT2D eigenvalue weighted by Gasteiger charge is 2.21. The van der Waals surface area contributed by atoms with Gasteiger partial charge in [0.2, 0.25) is 0 Å². The van der Waals surface area contributed by atoms with Gasteiger partial charge >= 0.3 is 5.97 Å². The minimum atomic E-state index is -1.08. The van der Waals surface area contributed by atoms with Crippen molar-refractivity contribution < 1.29 is 19.4 Å². The molecule has 0 saturated carbocycles. The molecular weight excluding hydrogens is 394 g/mol. The van der Waals surface area contributed by atoms with E-state index < -0.39 is 5.97 Å². The molecule has 0 atom stereocenters. The largest absolute Gasteiger partial charge is 0.497 e. The van der Waals surface area contributed by atoms with Crippen LogP contribution in [0.3, 0.4) is 0 Å². The van der Waals surface area contributed by atoms with Gasteiger partial charge in [0.25, 0.3) is 0 Å². The number of hydrogen-bond donors (Lipinski definition) is 2. The standard InChI is InChI=1S/C21H16ClN3O4/c1-28-13-7-8-14(17(9-13)29-2)16-10-15(21(26)27)18-19(24-25-20(18)23-16)11-3-5-12(22)6-4-11/h3-10H,1-2H3,(H,26,27)(H,23,24,25). The zero-order chi connectivity index (χ0) is 20.5. The van der Waals surface area contributed by atoms with Crippen molar-refractivity contribution in [2.24, 2.45) is 0 Å². The van der Waals surface area contributed by atoms with Crippen LogP contribution >= 0.6 is 11.6 Å². The Balaban J connectivity index is 1.94. The number of H-pyrrole nitrogens is 1. The summed E-state index contributed by atoms with van der Waals surface area (Å²) < 4.78 is 10.7. The number of fused-ring (bicyclic) bond motifs is 1. The Kier molecular flexibility index (Phi) is 4.82. The molecule has 29 heavy (non-hydrogen) atoms. The minimum absolute atomic E-state index is 0.0848. The number of carbonyl (C=O) groups is 1. The van der Waals surface area contributed by atoms with Crippen molar-refractivity contribution in [1.29, 1.82) is 0 Å². The number of carboxylic acid groups (broad SMARTS) is 1. The average molecular weight is 410 g/mol. The molecule has 2 aromatic carbocycles. The van der Waals surface area contributed by atoms with Gasteiger partial charge in [-0.3, -0.25) is 5.10 Å². The summed E-state index contributed by atoms with van der Waals surface area (Å²) in [5.41, 5.74) is 2.77. The van der Waals surface area contributed by atoms with E-state index in [-0.39, 0.29) is 5.56 Å². The highest BCUT2D eigenvalue weighted by atomic mass is 35.5. The van der Waals surface area contributed by atoms with Crippen LogP contribution < -0.4 is 9.47 Å². The van der Waals surface area contributed by atoms with E-state index in [1.165, 1.54) is 13.2 Å². The summed E-state index contributed by atoms with van der Waals surface area (Å²) in [5, 5.41) is 18.0. The summed E-state index contributed by atoms with van der Waals surface area (Å²) in [5.74, 6) is 0.0543. The fourth-order valence-electron chi connectivity index (χ4n) is 3.17. The summed E-state index contributed by atoms with van der Waals surface area (Å²) >= 11 is 5.96. The summed E-state index contributed by atoms with van der Waals surface area (Å²) in [4.78, 5) is 16.6. The van der Waals surface area contributed by atoms with Gasteiger partial charge in [-0.05, 0) is 30.3 Å². The lowest BCUT2D eigenvalue weighted by Crippen LogP contribution is -2.01. The molecule has 0 fully saturated rings. The Hall–Kier alpha value is -3.58. The fraction of sp³-hybridized carbons (Fsp3) is 0.0952. The fourth-order valence-corrected chi connectivity index (χ4v) is 3.29. The Morgan fingerprint density at radius 3 is 2.48 bits per heavy atom. The monoisotopic (exact) mass is 409 g/mol. The molecule has 0 spiro atoms. The number of nitrogens with zero attached hydrogens (tertiary/aromatic N) is 2. The van der Waals surface area contributed by atoms with E-state index in [9.17, 15) is 9.90 Å². The number of aromatic carboxylic acids is 1.